The number of hydrogen-bond acceptors (Lipinski definition) is 4. The van der Waals surface area contributed by atoms with Crippen molar-refractivity contribution in [3.63, 3.8) is 0 Å². The Hall–Kier alpha value is -0.610. The minimum Gasteiger partial charge on any atom is -0.463 e. The average molecular weight is 229 g/mol. The number of esters is 1. The van der Waals surface area contributed by atoms with Crippen molar-refractivity contribution in [3.05, 3.63) is 0 Å². The predicted octanol–water partition coefficient (Wildman–Crippen LogP) is 1.34. The zero-order chi connectivity index (χ0) is 12.0. The van der Waals surface area contributed by atoms with Crippen LogP contribution in [0.3, 0.4) is 0 Å². The first-order chi connectivity index (χ1) is 7.47. The van der Waals surface area contributed by atoms with Gasteiger partial charge in [0.15, 0.2) is 0 Å². The standard InChI is InChI=1S/C12H23NO3/c1-12(2,3)16-7-6-15-11(14)8-10-4-5-13-9-10/h10,13H,4-9H2,1-3H3. The fourth-order valence-electron chi connectivity index (χ4n) is 1.69. The van der Waals surface area contributed by atoms with Crippen molar-refractivity contribution in [3.8, 4) is 0 Å². The SMILES string of the molecule is CC(C)(C)OCCOC(=O)CC1CCNC1. The summed E-state index contributed by atoms with van der Waals surface area (Å²) >= 11 is 0. The van der Waals surface area contributed by atoms with E-state index in [2.05, 4.69) is 5.32 Å². The molecule has 0 bridgehead atoms. The second kappa shape index (κ2) is 6.21. The maximum Gasteiger partial charge on any atom is 0.306 e. The van der Waals surface area contributed by atoms with Gasteiger partial charge in [0.25, 0.3) is 0 Å². The van der Waals surface area contributed by atoms with Gasteiger partial charge in [-0.2, -0.15) is 0 Å². The summed E-state index contributed by atoms with van der Waals surface area (Å²) in [5.74, 6) is 0.349. The molecule has 0 spiro atoms. The molecular formula is C12H23NO3. The monoisotopic (exact) mass is 229 g/mol. The van der Waals surface area contributed by atoms with Gasteiger partial charge in [-0.3, -0.25) is 4.79 Å². The van der Waals surface area contributed by atoms with Crippen LogP contribution in [0.5, 0.6) is 0 Å². The van der Waals surface area contributed by atoms with E-state index in [1.54, 1.807) is 0 Å². The topological polar surface area (TPSA) is 47.6 Å². The van der Waals surface area contributed by atoms with Gasteiger partial charge in [-0.15, -0.1) is 0 Å². The van der Waals surface area contributed by atoms with Gasteiger partial charge in [-0.1, -0.05) is 0 Å². The van der Waals surface area contributed by atoms with Crippen LogP contribution < -0.4 is 5.32 Å². The summed E-state index contributed by atoms with van der Waals surface area (Å²) in [7, 11) is 0. The first-order valence-corrected chi connectivity index (χ1v) is 5.98. The number of rotatable bonds is 5. The van der Waals surface area contributed by atoms with Crippen molar-refractivity contribution < 1.29 is 14.3 Å². The van der Waals surface area contributed by atoms with Crippen molar-refractivity contribution in [1.29, 1.82) is 0 Å². The Kier molecular flexibility index (Phi) is 5.22. The Morgan fingerprint density at radius 2 is 2.12 bits per heavy atom. The molecule has 0 aliphatic carbocycles. The molecule has 0 saturated carbocycles. The van der Waals surface area contributed by atoms with Crippen LogP contribution in [0.15, 0.2) is 0 Å². The molecule has 1 N–H and O–H groups in total. The molecule has 1 rings (SSSR count). The maximum absolute atomic E-state index is 11.4. The lowest BCUT2D eigenvalue weighted by molar-refractivity contribution is -0.147. The molecule has 0 radical (unpaired) electrons. The first-order valence-electron chi connectivity index (χ1n) is 5.98. The Bertz CT molecular complexity index is 217. The molecule has 1 atom stereocenters. The number of ether oxygens (including phenoxy) is 2. The summed E-state index contributed by atoms with van der Waals surface area (Å²) in [6.45, 7) is 8.74. The van der Waals surface area contributed by atoms with Crippen LogP contribution in [-0.2, 0) is 14.3 Å². The van der Waals surface area contributed by atoms with Gasteiger partial charge in [-0.05, 0) is 46.2 Å². The van der Waals surface area contributed by atoms with Crippen LogP contribution in [-0.4, -0.2) is 37.9 Å². The van der Waals surface area contributed by atoms with Gasteiger partial charge in [0.1, 0.15) is 6.61 Å². The molecule has 0 aromatic carbocycles. The molecule has 1 heterocycles. The lowest BCUT2D eigenvalue weighted by Crippen LogP contribution is -2.23. The van der Waals surface area contributed by atoms with Gasteiger partial charge >= 0.3 is 5.97 Å². The first kappa shape index (κ1) is 13.5. The van der Waals surface area contributed by atoms with Crippen molar-refractivity contribution in [1.82, 2.24) is 5.32 Å². The number of carbonyl (C=O) groups excluding carboxylic acids is 1. The van der Waals surface area contributed by atoms with Crippen LogP contribution in [0.1, 0.15) is 33.6 Å². The zero-order valence-corrected chi connectivity index (χ0v) is 10.5. The summed E-state index contributed by atoms with van der Waals surface area (Å²) in [5.41, 5.74) is -0.165. The third-order valence-electron chi connectivity index (χ3n) is 2.50. The van der Waals surface area contributed by atoms with E-state index in [4.69, 9.17) is 9.47 Å². The summed E-state index contributed by atoms with van der Waals surface area (Å²) < 4.78 is 10.6. The molecule has 94 valence electrons. The fourth-order valence-corrected chi connectivity index (χ4v) is 1.69. The summed E-state index contributed by atoms with van der Waals surface area (Å²) in [5, 5.41) is 3.23. The highest BCUT2D eigenvalue weighted by atomic mass is 16.6. The van der Waals surface area contributed by atoms with Gasteiger partial charge in [0, 0.05) is 6.42 Å². The zero-order valence-electron chi connectivity index (χ0n) is 10.5. The minimum atomic E-state index is -0.165. The maximum atomic E-state index is 11.4. The molecule has 0 aromatic heterocycles. The Morgan fingerprint density at radius 1 is 1.38 bits per heavy atom. The van der Waals surface area contributed by atoms with Gasteiger partial charge < -0.3 is 14.8 Å². The Morgan fingerprint density at radius 3 is 2.69 bits per heavy atom. The molecule has 4 nitrogen and oxygen atoms in total. The smallest absolute Gasteiger partial charge is 0.306 e. The second-order valence-corrected chi connectivity index (χ2v) is 5.24. The van der Waals surface area contributed by atoms with Crippen LogP contribution >= 0.6 is 0 Å². The van der Waals surface area contributed by atoms with Crippen molar-refractivity contribution >= 4 is 5.97 Å². The molecule has 1 aliphatic heterocycles. The summed E-state index contributed by atoms with van der Waals surface area (Å²) in [6.07, 6.45) is 1.61. The van der Waals surface area contributed by atoms with Crippen LogP contribution in [0.2, 0.25) is 0 Å². The third-order valence-corrected chi connectivity index (χ3v) is 2.50. The fraction of sp³-hybridized carbons (Fsp3) is 0.917. The number of nitrogens with one attached hydrogen (secondary N) is 1. The normalized spacial score (nSPS) is 21.1. The number of carbonyl (C=O) groups is 1. The van der Waals surface area contributed by atoms with Gasteiger partial charge in [-0.25, -0.2) is 0 Å². The highest BCUT2D eigenvalue weighted by Crippen LogP contribution is 2.12. The van der Waals surface area contributed by atoms with Crippen molar-refractivity contribution in [2.75, 3.05) is 26.3 Å². The van der Waals surface area contributed by atoms with E-state index in [1.165, 1.54) is 0 Å². The highest BCUT2D eigenvalue weighted by molar-refractivity contribution is 5.69. The van der Waals surface area contributed by atoms with E-state index in [0.717, 1.165) is 19.5 Å². The Balaban J connectivity index is 2.02. The lowest BCUT2D eigenvalue weighted by Gasteiger charge is -2.19. The predicted molar refractivity (Wildman–Crippen MR) is 62.3 cm³/mol. The molecule has 1 saturated heterocycles. The summed E-state index contributed by atoms with van der Waals surface area (Å²) in [6, 6.07) is 0. The van der Waals surface area contributed by atoms with Crippen LogP contribution in [0.4, 0.5) is 0 Å². The van der Waals surface area contributed by atoms with Crippen molar-refractivity contribution in [2.24, 2.45) is 5.92 Å². The van der Waals surface area contributed by atoms with Gasteiger partial charge in [0.05, 0.1) is 12.2 Å². The molecule has 0 aromatic rings. The number of hydrogen-bond donors (Lipinski definition) is 1. The molecule has 1 aliphatic rings. The molecule has 1 fully saturated rings. The largest absolute Gasteiger partial charge is 0.463 e. The molecular weight excluding hydrogens is 206 g/mol. The lowest BCUT2D eigenvalue weighted by atomic mass is 10.1. The second-order valence-electron chi connectivity index (χ2n) is 5.24. The van der Waals surface area contributed by atoms with Crippen LogP contribution in [0.25, 0.3) is 0 Å². The van der Waals surface area contributed by atoms with Gasteiger partial charge in [0.2, 0.25) is 0 Å². The quantitative estimate of drug-likeness (QED) is 0.571. The van der Waals surface area contributed by atoms with E-state index in [0.29, 0.717) is 25.6 Å². The highest BCUT2D eigenvalue weighted by Gasteiger charge is 2.18. The van der Waals surface area contributed by atoms with E-state index in [-0.39, 0.29) is 11.6 Å². The summed E-state index contributed by atoms with van der Waals surface area (Å²) in [4.78, 5) is 11.4. The van der Waals surface area contributed by atoms with E-state index < -0.39 is 0 Å². The van der Waals surface area contributed by atoms with E-state index in [9.17, 15) is 4.79 Å². The Labute approximate surface area is 97.7 Å². The van der Waals surface area contributed by atoms with E-state index >= 15 is 0 Å². The molecule has 0 amide bonds. The van der Waals surface area contributed by atoms with Crippen LogP contribution in [0, 0.1) is 5.92 Å². The molecule has 1 unspecified atom stereocenters. The molecule has 4 heteroatoms. The molecule has 16 heavy (non-hydrogen) atoms. The third kappa shape index (κ3) is 6.08. The van der Waals surface area contributed by atoms with Crippen molar-refractivity contribution in [2.45, 2.75) is 39.2 Å². The van der Waals surface area contributed by atoms with E-state index in [1.807, 2.05) is 20.8 Å². The average Bonchev–Trinajstić information content (AvgIpc) is 2.63. The minimum absolute atomic E-state index is 0.105.